The molecule has 0 amide bonds. The largest absolute Gasteiger partial charge is 0.496 e. The molecule has 102 valence electrons. The van der Waals surface area contributed by atoms with Crippen LogP contribution in [0.5, 0.6) is 5.75 Å². The van der Waals surface area contributed by atoms with Crippen molar-refractivity contribution in [2.75, 3.05) is 32.1 Å². The van der Waals surface area contributed by atoms with E-state index in [1.54, 1.807) is 7.11 Å². The molecule has 0 atom stereocenters. The van der Waals surface area contributed by atoms with Crippen molar-refractivity contribution >= 4 is 5.69 Å². The van der Waals surface area contributed by atoms with Gasteiger partial charge in [-0.15, -0.1) is 0 Å². The normalized spacial score (nSPS) is 11.4. The molecule has 0 aliphatic heterocycles. The molecule has 3 heteroatoms. The van der Waals surface area contributed by atoms with Crippen molar-refractivity contribution in [1.82, 2.24) is 0 Å². The van der Waals surface area contributed by atoms with Crippen LogP contribution in [0.25, 0.3) is 0 Å². The fourth-order valence-corrected chi connectivity index (χ4v) is 1.80. The van der Waals surface area contributed by atoms with Gasteiger partial charge in [-0.2, -0.15) is 0 Å². The summed E-state index contributed by atoms with van der Waals surface area (Å²) in [6.45, 7) is 8.22. The van der Waals surface area contributed by atoms with Gasteiger partial charge in [-0.1, -0.05) is 13.8 Å². The highest BCUT2D eigenvalue weighted by Gasteiger charge is 2.16. The minimum absolute atomic E-state index is 0.204. The van der Waals surface area contributed by atoms with E-state index in [-0.39, 0.29) is 5.41 Å². The van der Waals surface area contributed by atoms with Crippen molar-refractivity contribution in [3.05, 3.63) is 23.8 Å². The summed E-state index contributed by atoms with van der Waals surface area (Å²) in [4.78, 5) is 2.27. The molecule has 3 nitrogen and oxygen atoms in total. The van der Waals surface area contributed by atoms with E-state index in [9.17, 15) is 0 Å². The first-order valence-electron chi connectivity index (χ1n) is 6.45. The molecule has 0 saturated carbocycles. The lowest BCUT2D eigenvalue weighted by Gasteiger charge is -2.27. The molecule has 0 spiro atoms. The fourth-order valence-electron chi connectivity index (χ4n) is 1.80. The van der Waals surface area contributed by atoms with Crippen molar-refractivity contribution in [1.29, 1.82) is 0 Å². The summed E-state index contributed by atoms with van der Waals surface area (Å²) in [7, 11) is 3.82. The maximum Gasteiger partial charge on any atom is 0.121 e. The molecule has 0 aromatic heterocycles. The van der Waals surface area contributed by atoms with E-state index < -0.39 is 0 Å². The van der Waals surface area contributed by atoms with Gasteiger partial charge in [0, 0.05) is 19.3 Å². The number of nitrogens with two attached hydrogens (primary N) is 1. The lowest BCUT2D eigenvalue weighted by atomic mass is 9.89. The third-order valence-corrected chi connectivity index (χ3v) is 3.50. The van der Waals surface area contributed by atoms with Crippen LogP contribution >= 0.6 is 0 Å². The van der Waals surface area contributed by atoms with E-state index in [0.29, 0.717) is 0 Å². The molecular weight excluding hydrogens is 224 g/mol. The summed E-state index contributed by atoms with van der Waals surface area (Å²) in [5, 5.41) is 0. The summed E-state index contributed by atoms with van der Waals surface area (Å²) in [6, 6.07) is 6.28. The van der Waals surface area contributed by atoms with Crippen molar-refractivity contribution in [3.8, 4) is 5.75 Å². The summed E-state index contributed by atoms with van der Waals surface area (Å²) >= 11 is 0. The number of hydrogen-bond acceptors (Lipinski definition) is 3. The second kappa shape index (κ2) is 6.10. The molecule has 1 aromatic carbocycles. The molecule has 0 unspecified atom stereocenters. The van der Waals surface area contributed by atoms with Gasteiger partial charge in [-0.25, -0.2) is 0 Å². The number of nitrogens with zero attached hydrogens (tertiary/aromatic N) is 1. The fraction of sp³-hybridized carbons (Fsp3) is 0.600. The summed E-state index contributed by atoms with van der Waals surface area (Å²) in [5.74, 6) is 0.939. The average molecular weight is 250 g/mol. The molecule has 0 radical (unpaired) electrons. The second-order valence-electron chi connectivity index (χ2n) is 5.69. The maximum absolute atomic E-state index is 5.76. The first kappa shape index (κ1) is 14.8. The average Bonchev–Trinajstić information content (AvgIpc) is 2.36. The lowest BCUT2D eigenvalue weighted by Crippen LogP contribution is -2.29. The van der Waals surface area contributed by atoms with Gasteiger partial charge in [0.1, 0.15) is 5.75 Å². The van der Waals surface area contributed by atoms with Crippen molar-refractivity contribution in [2.45, 2.75) is 27.2 Å². The Morgan fingerprint density at radius 1 is 1.33 bits per heavy atom. The quantitative estimate of drug-likeness (QED) is 0.843. The Bertz CT molecular complexity index is 388. The van der Waals surface area contributed by atoms with E-state index in [4.69, 9.17) is 10.5 Å². The maximum atomic E-state index is 5.76. The number of ether oxygens (including phenoxy) is 1. The van der Waals surface area contributed by atoms with Crippen LogP contribution < -0.4 is 15.4 Å². The van der Waals surface area contributed by atoms with E-state index in [1.807, 2.05) is 6.07 Å². The number of methoxy groups -OCH3 is 1. The molecule has 0 saturated heterocycles. The second-order valence-corrected chi connectivity index (χ2v) is 5.69. The van der Waals surface area contributed by atoms with Crippen LogP contribution in [0.1, 0.15) is 25.8 Å². The Morgan fingerprint density at radius 3 is 2.50 bits per heavy atom. The summed E-state index contributed by atoms with van der Waals surface area (Å²) in [5.41, 5.74) is 8.35. The predicted octanol–water partition coefficient (Wildman–Crippen LogP) is 2.81. The molecule has 0 aliphatic carbocycles. The van der Waals surface area contributed by atoms with Crippen molar-refractivity contribution in [3.63, 3.8) is 0 Å². The number of rotatable bonds is 6. The molecule has 0 fully saturated rings. The van der Waals surface area contributed by atoms with Gasteiger partial charge < -0.3 is 15.4 Å². The van der Waals surface area contributed by atoms with Gasteiger partial charge in [-0.05, 0) is 49.1 Å². The van der Waals surface area contributed by atoms with E-state index >= 15 is 0 Å². The Labute approximate surface area is 111 Å². The molecule has 0 aliphatic rings. The Morgan fingerprint density at radius 2 is 2.00 bits per heavy atom. The Kier molecular flexibility index (Phi) is 5.03. The number of aryl methyl sites for hydroxylation is 1. The molecule has 18 heavy (non-hydrogen) atoms. The number of hydrogen-bond donors (Lipinski definition) is 1. The van der Waals surface area contributed by atoms with Crippen LogP contribution in [0.15, 0.2) is 18.2 Å². The zero-order valence-electron chi connectivity index (χ0n) is 12.3. The van der Waals surface area contributed by atoms with Gasteiger partial charge in [-0.3, -0.25) is 0 Å². The number of benzene rings is 1. The van der Waals surface area contributed by atoms with Gasteiger partial charge in [0.2, 0.25) is 0 Å². The molecule has 0 heterocycles. The first-order chi connectivity index (χ1) is 8.39. The van der Waals surface area contributed by atoms with Gasteiger partial charge in [0.15, 0.2) is 0 Å². The standard InChI is InChI=1S/C15H26N2O/c1-12-10-13(6-7-14(12)18-5)17(4)9-8-15(2,3)11-16/h6-7,10H,8-9,11,16H2,1-5H3. The lowest BCUT2D eigenvalue weighted by molar-refractivity contribution is 0.351. The highest BCUT2D eigenvalue weighted by atomic mass is 16.5. The summed E-state index contributed by atoms with van der Waals surface area (Å²) < 4.78 is 5.28. The Balaban J connectivity index is 2.67. The third kappa shape index (κ3) is 3.91. The first-order valence-corrected chi connectivity index (χ1v) is 6.45. The highest BCUT2D eigenvalue weighted by Crippen LogP contribution is 2.25. The summed E-state index contributed by atoms with van der Waals surface area (Å²) in [6.07, 6.45) is 1.09. The van der Waals surface area contributed by atoms with Crippen LogP contribution in [-0.4, -0.2) is 27.2 Å². The molecule has 1 aromatic rings. The van der Waals surface area contributed by atoms with Crippen molar-refractivity contribution in [2.24, 2.45) is 11.1 Å². The van der Waals surface area contributed by atoms with E-state index in [0.717, 1.165) is 25.3 Å². The predicted molar refractivity (Wildman–Crippen MR) is 78.5 cm³/mol. The third-order valence-electron chi connectivity index (χ3n) is 3.50. The van der Waals surface area contributed by atoms with Crippen LogP contribution in [0, 0.1) is 12.3 Å². The molecule has 0 bridgehead atoms. The Hall–Kier alpha value is -1.22. The topological polar surface area (TPSA) is 38.5 Å². The minimum Gasteiger partial charge on any atom is -0.496 e. The smallest absolute Gasteiger partial charge is 0.121 e. The zero-order valence-corrected chi connectivity index (χ0v) is 12.3. The monoisotopic (exact) mass is 250 g/mol. The van der Waals surface area contributed by atoms with Crippen LogP contribution in [0.2, 0.25) is 0 Å². The van der Waals surface area contributed by atoms with Gasteiger partial charge in [0.05, 0.1) is 7.11 Å². The molecular formula is C15H26N2O. The van der Waals surface area contributed by atoms with E-state index in [2.05, 4.69) is 44.9 Å². The zero-order chi connectivity index (χ0) is 13.8. The van der Waals surface area contributed by atoms with Crippen LogP contribution in [0.3, 0.4) is 0 Å². The van der Waals surface area contributed by atoms with Crippen molar-refractivity contribution < 1.29 is 4.74 Å². The van der Waals surface area contributed by atoms with Crippen LogP contribution in [0.4, 0.5) is 5.69 Å². The van der Waals surface area contributed by atoms with E-state index in [1.165, 1.54) is 11.3 Å². The molecule has 2 N–H and O–H groups in total. The van der Waals surface area contributed by atoms with Gasteiger partial charge in [0.25, 0.3) is 0 Å². The molecule has 1 rings (SSSR count). The number of anilines is 1. The highest BCUT2D eigenvalue weighted by molar-refractivity contribution is 5.52. The SMILES string of the molecule is COc1ccc(N(C)CCC(C)(C)CN)cc1C. The van der Waals surface area contributed by atoms with Gasteiger partial charge >= 0.3 is 0 Å². The van der Waals surface area contributed by atoms with Crippen LogP contribution in [-0.2, 0) is 0 Å². The minimum atomic E-state index is 0.204.